The molecule has 1 aliphatic heterocycles. The Morgan fingerprint density at radius 3 is 2.66 bits per heavy atom. The standard InChI is InChI=1S/C48H72N6O4/c1-29-23-47(19-14-30(24-47)15-20-48(56)17-6-9-36(55)25-48)42-46(3,58-42)18-16-40-38(29)26-45(40,2)34-13-12-32(21-34)41(53-43(49)51-4)54-44(50)52-35-8-5-7-31-10-11-33-27-57-28-39(33)37(31)22-35/h10-11,27-28,30,32,34-36,38,40-42,55-56H,1,5-9,12-26H2,2-4H3,(H3,49,51,53)(H3,50,52,54)/t30-,32-,34+,35+,36-,38+,40+,41+,42+,45+,46+,47+,48-/m0/s1. The molecule has 318 valence electrons. The van der Waals surface area contributed by atoms with Gasteiger partial charge >= 0.3 is 0 Å². The first kappa shape index (κ1) is 40.3. The first-order valence-corrected chi connectivity index (χ1v) is 23.1. The molecule has 7 aliphatic rings. The Balaban J connectivity index is 0.850. The summed E-state index contributed by atoms with van der Waals surface area (Å²) in [5.41, 5.74) is 17.0. The van der Waals surface area contributed by atoms with Crippen LogP contribution in [-0.4, -0.2) is 64.8 Å². The molecule has 0 bridgehead atoms. The number of aryl methyl sites for hydroxylation is 1. The average Bonchev–Trinajstić information content (AvgIpc) is 3.57. The molecule has 9 rings (SSSR count). The molecule has 6 aliphatic carbocycles. The number of nitrogens with one attached hydrogen (secondary N) is 2. The summed E-state index contributed by atoms with van der Waals surface area (Å²) in [6.45, 7) is 9.86. The minimum atomic E-state index is -0.692. The van der Waals surface area contributed by atoms with Crippen LogP contribution in [0.4, 0.5) is 0 Å². The van der Waals surface area contributed by atoms with Gasteiger partial charge in [0.1, 0.15) is 6.17 Å². The van der Waals surface area contributed by atoms with Crippen molar-refractivity contribution in [2.75, 3.05) is 7.05 Å². The van der Waals surface area contributed by atoms with Crippen molar-refractivity contribution >= 4 is 22.7 Å². The van der Waals surface area contributed by atoms with E-state index >= 15 is 0 Å². The Labute approximate surface area is 346 Å². The van der Waals surface area contributed by atoms with Gasteiger partial charge in [-0.3, -0.25) is 4.99 Å². The molecular weight excluding hydrogens is 725 g/mol. The summed E-state index contributed by atoms with van der Waals surface area (Å²) in [7, 11) is 1.73. The molecule has 0 unspecified atom stereocenters. The van der Waals surface area contributed by atoms with E-state index in [2.05, 4.69) is 41.6 Å². The number of hydrogen-bond donors (Lipinski definition) is 6. The molecule has 5 saturated carbocycles. The number of furan rings is 1. The highest BCUT2D eigenvalue weighted by molar-refractivity contribution is 5.86. The highest BCUT2D eigenvalue weighted by atomic mass is 16.6. The fourth-order valence-electron chi connectivity index (χ4n) is 14.1. The maximum absolute atomic E-state index is 11.3. The topological polar surface area (TPSA) is 167 Å². The number of nitrogens with zero attached hydrogens (tertiary/aromatic N) is 2. The van der Waals surface area contributed by atoms with Crippen molar-refractivity contribution in [3.05, 3.63) is 47.9 Å². The number of epoxide rings is 1. The molecule has 6 fully saturated rings. The van der Waals surface area contributed by atoms with Crippen molar-refractivity contribution < 1.29 is 19.4 Å². The summed E-state index contributed by atoms with van der Waals surface area (Å²) >= 11 is 0. The van der Waals surface area contributed by atoms with Crippen molar-refractivity contribution in [2.45, 2.75) is 178 Å². The zero-order chi connectivity index (χ0) is 40.5. The normalized spacial score (nSPS) is 42.3. The van der Waals surface area contributed by atoms with E-state index in [9.17, 15) is 10.2 Å². The minimum Gasteiger partial charge on any atom is -0.471 e. The lowest BCUT2D eigenvalue weighted by molar-refractivity contribution is -0.0697. The van der Waals surface area contributed by atoms with E-state index in [4.69, 9.17) is 32.2 Å². The summed E-state index contributed by atoms with van der Waals surface area (Å²) in [5, 5.41) is 31.0. The Morgan fingerprint density at radius 2 is 1.83 bits per heavy atom. The molecule has 58 heavy (non-hydrogen) atoms. The first-order valence-electron chi connectivity index (χ1n) is 23.1. The number of guanidine groups is 2. The number of nitrogens with two attached hydrogens (primary N) is 2. The summed E-state index contributed by atoms with van der Waals surface area (Å²) in [5.74, 6) is 3.66. The molecule has 10 heteroatoms. The van der Waals surface area contributed by atoms with Crippen molar-refractivity contribution in [3.63, 3.8) is 0 Å². The quantitative estimate of drug-likeness (QED) is 0.0396. The van der Waals surface area contributed by atoms with Gasteiger partial charge in [-0.05, 0) is 175 Å². The Hall–Kier alpha value is -3.08. The lowest BCUT2D eigenvalue weighted by atomic mass is 9.46. The molecule has 1 spiro atoms. The molecule has 8 N–H and O–H groups in total. The van der Waals surface area contributed by atoms with E-state index < -0.39 is 5.60 Å². The predicted molar refractivity (Wildman–Crippen MR) is 231 cm³/mol. The van der Waals surface area contributed by atoms with Gasteiger partial charge in [-0.25, -0.2) is 4.99 Å². The number of aliphatic hydroxyl groups excluding tert-OH is 1. The van der Waals surface area contributed by atoms with Gasteiger partial charge in [-0.1, -0.05) is 31.2 Å². The zero-order valence-corrected chi connectivity index (χ0v) is 35.6. The van der Waals surface area contributed by atoms with Crippen LogP contribution in [0.5, 0.6) is 0 Å². The third-order valence-corrected chi connectivity index (χ3v) is 17.4. The van der Waals surface area contributed by atoms with Crippen LogP contribution in [0, 0.1) is 40.4 Å². The molecule has 2 heterocycles. The third kappa shape index (κ3) is 7.61. The lowest BCUT2D eigenvalue weighted by Gasteiger charge is -2.58. The van der Waals surface area contributed by atoms with Crippen molar-refractivity contribution in [1.82, 2.24) is 10.6 Å². The fourth-order valence-corrected chi connectivity index (χ4v) is 14.1. The number of aliphatic imine (C=N–C) groups is 2. The molecule has 0 amide bonds. The van der Waals surface area contributed by atoms with Gasteiger partial charge < -0.3 is 41.5 Å². The van der Waals surface area contributed by atoms with Crippen LogP contribution in [-0.2, 0) is 17.6 Å². The summed E-state index contributed by atoms with van der Waals surface area (Å²) in [6, 6.07) is 4.52. The summed E-state index contributed by atoms with van der Waals surface area (Å²) < 4.78 is 12.4. The van der Waals surface area contributed by atoms with Crippen molar-refractivity contribution in [1.29, 1.82) is 0 Å². The van der Waals surface area contributed by atoms with Crippen LogP contribution in [0.25, 0.3) is 10.8 Å². The Bertz CT molecular complexity index is 1910. The fraction of sp³-hybridized carbons (Fsp3) is 0.750. The highest BCUT2D eigenvalue weighted by Gasteiger charge is 2.67. The van der Waals surface area contributed by atoms with Gasteiger partial charge in [0.25, 0.3) is 0 Å². The highest BCUT2D eigenvalue weighted by Crippen LogP contribution is 2.69. The molecule has 10 nitrogen and oxygen atoms in total. The second-order valence-corrected chi connectivity index (χ2v) is 21.1. The van der Waals surface area contributed by atoms with Gasteiger partial charge in [0.05, 0.1) is 42.0 Å². The summed E-state index contributed by atoms with van der Waals surface area (Å²) in [4.78, 5) is 9.37. The van der Waals surface area contributed by atoms with E-state index in [0.29, 0.717) is 54.0 Å². The van der Waals surface area contributed by atoms with E-state index in [-0.39, 0.29) is 34.7 Å². The summed E-state index contributed by atoms with van der Waals surface area (Å²) in [6.07, 6.45) is 24.1. The van der Waals surface area contributed by atoms with Gasteiger partial charge in [-0.15, -0.1) is 0 Å². The number of aliphatic hydroxyl groups is 2. The zero-order valence-electron chi connectivity index (χ0n) is 35.6. The van der Waals surface area contributed by atoms with E-state index in [1.807, 2.05) is 12.5 Å². The maximum atomic E-state index is 11.3. The number of ether oxygens (including phenoxy) is 1. The minimum absolute atomic E-state index is 0.0405. The molecular formula is C48H72N6O4. The number of fused-ring (bicyclic) bond motifs is 6. The van der Waals surface area contributed by atoms with Gasteiger partial charge in [0.2, 0.25) is 0 Å². The van der Waals surface area contributed by atoms with Gasteiger partial charge in [0.15, 0.2) is 11.9 Å². The van der Waals surface area contributed by atoms with Gasteiger partial charge in [0, 0.05) is 29.7 Å². The Kier molecular flexibility index (Phi) is 10.7. The molecule has 2 aromatic rings. The van der Waals surface area contributed by atoms with Crippen LogP contribution < -0.4 is 22.1 Å². The number of allylic oxidation sites excluding steroid dienone is 1. The first-order chi connectivity index (χ1) is 27.8. The second-order valence-electron chi connectivity index (χ2n) is 21.1. The molecule has 0 radical (unpaired) electrons. The second kappa shape index (κ2) is 15.4. The molecule has 13 atom stereocenters. The van der Waals surface area contributed by atoms with Crippen LogP contribution in [0.2, 0.25) is 0 Å². The average molecular weight is 797 g/mol. The van der Waals surface area contributed by atoms with E-state index in [1.54, 1.807) is 7.05 Å². The predicted octanol–water partition coefficient (Wildman–Crippen LogP) is 7.63. The lowest BCUT2D eigenvalue weighted by Crippen LogP contribution is -2.56. The Morgan fingerprint density at radius 1 is 0.983 bits per heavy atom. The monoisotopic (exact) mass is 797 g/mol. The number of benzene rings is 1. The smallest absolute Gasteiger partial charge is 0.190 e. The molecule has 1 aromatic heterocycles. The van der Waals surface area contributed by atoms with Crippen LogP contribution in [0.3, 0.4) is 0 Å². The van der Waals surface area contributed by atoms with Gasteiger partial charge in [-0.2, -0.15) is 0 Å². The largest absolute Gasteiger partial charge is 0.471 e. The van der Waals surface area contributed by atoms with Crippen LogP contribution >= 0.6 is 0 Å². The van der Waals surface area contributed by atoms with E-state index in [1.165, 1.54) is 60.6 Å². The van der Waals surface area contributed by atoms with Crippen molar-refractivity contribution in [2.24, 2.45) is 61.9 Å². The third-order valence-electron chi connectivity index (χ3n) is 17.4. The maximum Gasteiger partial charge on any atom is 0.190 e. The molecule has 1 aromatic carbocycles. The SMILES string of the molecule is C=C1C[C@@]2(CC[C@@H](CC[C@@]3(O)CCC[C@H](O)C3)C2)[C@@H]2O[C@]2(C)CC[C@@H]2[C@@H]1C[C@]2(C)[C@@H]1CC[C@H]([C@H](NC(N)=NC)NC(N)=N[C@@H]2CCCc3ccc4cocc4c3C2)C1. The molecule has 1 saturated heterocycles. The number of rotatable bonds is 8. The van der Waals surface area contributed by atoms with Crippen LogP contribution in [0.15, 0.2) is 51.2 Å². The number of hydrogen-bond acceptors (Lipinski definition) is 6. The van der Waals surface area contributed by atoms with Crippen LogP contribution in [0.1, 0.15) is 141 Å². The van der Waals surface area contributed by atoms with Crippen molar-refractivity contribution in [3.8, 4) is 0 Å². The van der Waals surface area contributed by atoms with E-state index in [0.717, 1.165) is 88.9 Å².